The Hall–Kier alpha value is -2.27. The molecule has 126 valence electrons. The molecule has 0 saturated carbocycles. The summed E-state index contributed by atoms with van der Waals surface area (Å²) in [6.07, 6.45) is -6.16. The van der Waals surface area contributed by atoms with E-state index in [4.69, 9.17) is 4.74 Å². The molecule has 10 heteroatoms. The lowest BCUT2D eigenvalue weighted by atomic mass is 9.99. The highest BCUT2D eigenvalue weighted by molar-refractivity contribution is 5.91. The molecule has 0 amide bonds. The number of aromatic carboxylic acids is 1. The summed E-state index contributed by atoms with van der Waals surface area (Å²) in [5, 5.41) is 53.5. The Morgan fingerprint density at radius 2 is 1.91 bits per heavy atom. The molecule has 1 aliphatic rings. The van der Waals surface area contributed by atoms with Crippen LogP contribution in [0.1, 0.15) is 17.3 Å². The molecule has 0 aliphatic carbocycles. The minimum absolute atomic E-state index is 0.0986. The molecule has 0 aromatic heterocycles. The van der Waals surface area contributed by atoms with E-state index in [0.29, 0.717) is 0 Å². The first-order valence-corrected chi connectivity index (χ1v) is 6.68. The minimum Gasteiger partial charge on any atom is -0.545 e. The van der Waals surface area contributed by atoms with Gasteiger partial charge in [0.2, 0.25) is 0 Å². The number of aliphatic hydroxyl groups excluding tert-OH is 3. The average molecular weight is 327 g/mol. The van der Waals surface area contributed by atoms with E-state index in [1.165, 1.54) is 13.0 Å². The first-order valence-electron chi connectivity index (χ1n) is 6.68. The van der Waals surface area contributed by atoms with Crippen molar-refractivity contribution in [3.8, 4) is 0 Å². The van der Waals surface area contributed by atoms with E-state index < -0.39 is 52.8 Å². The molecule has 1 aromatic carbocycles. The quantitative estimate of drug-likeness (QED) is 0.368. The maximum atomic E-state index is 10.9. The summed E-state index contributed by atoms with van der Waals surface area (Å²) >= 11 is 0. The maximum absolute atomic E-state index is 10.9. The Morgan fingerprint density at radius 1 is 1.26 bits per heavy atom. The van der Waals surface area contributed by atoms with Crippen LogP contribution in [0.2, 0.25) is 0 Å². The molecule has 10 nitrogen and oxygen atoms in total. The van der Waals surface area contributed by atoms with Crippen LogP contribution in [0.15, 0.2) is 18.2 Å². The van der Waals surface area contributed by atoms with Gasteiger partial charge >= 0.3 is 0 Å². The molecule has 1 aromatic rings. The van der Waals surface area contributed by atoms with Crippen LogP contribution in [0.3, 0.4) is 0 Å². The number of carboxylic acids is 1. The van der Waals surface area contributed by atoms with Crippen molar-refractivity contribution >= 4 is 17.3 Å². The number of benzene rings is 1. The van der Waals surface area contributed by atoms with Gasteiger partial charge in [-0.2, -0.15) is 0 Å². The Kier molecular flexibility index (Phi) is 4.80. The second-order valence-corrected chi connectivity index (χ2v) is 5.15. The van der Waals surface area contributed by atoms with E-state index in [1.54, 1.807) is 0 Å². The Labute approximate surface area is 130 Å². The monoisotopic (exact) mass is 327 g/mol. The van der Waals surface area contributed by atoms with Gasteiger partial charge in [-0.3, -0.25) is 10.1 Å². The molecular formula is C13H15N2O8-. The molecule has 2 rings (SSSR count). The van der Waals surface area contributed by atoms with Gasteiger partial charge in [0.1, 0.15) is 18.3 Å². The lowest BCUT2D eigenvalue weighted by molar-refractivity contribution is -0.385. The van der Waals surface area contributed by atoms with Crippen LogP contribution in [0.25, 0.3) is 0 Å². The number of carbonyl (C=O) groups excluding carboxylic acids is 1. The van der Waals surface area contributed by atoms with Gasteiger partial charge < -0.3 is 35.3 Å². The van der Waals surface area contributed by atoms with Gasteiger partial charge in [-0.05, 0) is 19.1 Å². The number of nitro benzene ring substituents is 1. The van der Waals surface area contributed by atoms with Gasteiger partial charge in [-0.1, -0.05) is 0 Å². The Balaban J connectivity index is 2.25. The fourth-order valence-electron chi connectivity index (χ4n) is 2.28. The van der Waals surface area contributed by atoms with E-state index in [-0.39, 0.29) is 5.69 Å². The summed E-state index contributed by atoms with van der Waals surface area (Å²) in [5.74, 6) is -1.69. The highest BCUT2D eigenvalue weighted by Crippen LogP contribution is 2.26. The third-order valence-electron chi connectivity index (χ3n) is 3.58. The number of carboxylic acid groups (broad SMARTS) is 1. The van der Waals surface area contributed by atoms with Gasteiger partial charge in [-0.15, -0.1) is 0 Å². The molecular weight excluding hydrogens is 312 g/mol. The summed E-state index contributed by atoms with van der Waals surface area (Å²) in [4.78, 5) is 20.9. The molecule has 0 bridgehead atoms. The van der Waals surface area contributed by atoms with Crippen LogP contribution in [-0.4, -0.2) is 56.9 Å². The van der Waals surface area contributed by atoms with Crippen molar-refractivity contribution in [3.05, 3.63) is 33.9 Å². The number of carbonyl (C=O) groups is 1. The van der Waals surface area contributed by atoms with E-state index in [0.717, 1.165) is 12.1 Å². The van der Waals surface area contributed by atoms with Crippen molar-refractivity contribution in [1.29, 1.82) is 0 Å². The zero-order valence-corrected chi connectivity index (χ0v) is 11.9. The average Bonchev–Trinajstić information content (AvgIpc) is 2.50. The van der Waals surface area contributed by atoms with Crippen molar-refractivity contribution in [2.45, 2.75) is 37.6 Å². The number of rotatable bonds is 4. The van der Waals surface area contributed by atoms with Crippen molar-refractivity contribution in [1.82, 2.24) is 0 Å². The number of aliphatic hydroxyl groups is 3. The largest absolute Gasteiger partial charge is 0.545 e. The van der Waals surface area contributed by atoms with Gasteiger partial charge in [-0.25, -0.2) is 0 Å². The molecule has 1 fully saturated rings. The molecule has 0 radical (unpaired) electrons. The van der Waals surface area contributed by atoms with Gasteiger partial charge in [0, 0.05) is 11.8 Å². The van der Waals surface area contributed by atoms with Crippen LogP contribution in [0, 0.1) is 10.1 Å². The normalized spacial score (nSPS) is 30.7. The zero-order chi connectivity index (χ0) is 17.3. The lowest BCUT2D eigenvalue weighted by Gasteiger charge is -2.39. The minimum atomic E-state index is -1.69. The zero-order valence-electron chi connectivity index (χ0n) is 11.9. The predicted octanol–water partition coefficient (Wildman–Crippen LogP) is -1.80. The molecule has 4 N–H and O–H groups in total. The van der Waals surface area contributed by atoms with Gasteiger partial charge in [0.25, 0.3) is 5.69 Å². The topological polar surface area (TPSA) is 165 Å². The van der Waals surface area contributed by atoms with Crippen LogP contribution >= 0.6 is 0 Å². The van der Waals surface area contributed by atoms with Gasteiger partial charge in [0.05, 0.1) is 22.6 Å². The number of hydrogen-bond acceptors (Lipinski definition) is 9. The van der Waals surface area contributed by atoms with Crippen LogP contribution < -0.4 is 10.4 Å². The van der Waals surface area contributed by atoms with E-state index >= 15 is 0 Å². The fourth-order valence-corrected chi connectivity index (χ4v) is 2.28. The summed E-state index contributed by atoms with van der Waals surface area (Å²) in [7, 11) is 0. The molecule has 5 atom stereocenters. The molecule has 1 saturated heterocycles. The standard InChI is InChI=1S/C13H16N2O8/c1-5-9(16)10(17)11(18)12(23-5)14-6-2-3-7(13(19)20)8(4-6)15(21)22/h2-5,9-12,14,16-18H,1H3,(H,19,20)/p-1/t5-,9-,10-,11-,12+/m0/s1. The number of nitrogens with zero attached hydrogens (tertiary/aromatic N) is 1. The molecule has 0 unspecified atom stereocenters. The van der Waals surface area contributed by atoms with Crippen molar-refractivity contribution in [3.63, 3.8) is 0 Å². The molecule has 1 heterocycles. The molecule has 1 aliphatic heterocycles. The van der Waals surface area contributed by atoms with E-state index in [9.17, 15) is 35.3 Å². The number of ether oxygens (including phenoxy) is 1. The summed E-state index contributed by atoms with van der Waals surface area (Å²) in [6.45, 7) is 1.48. The highest BCUT2D eigenvalue weighted by Gasteiger charge is 2.41. The van der Waals surface area contributed by atoms with Crippen LogP contribution in [0.5, 0.6) is 0 Å². The number of anilines is 1. The van der Waals surface area contributed by atoms with Gasteiger partial charge in [0.15, 0.2) is 6.23 Å². The van der Waals surface area contributed by atoms with Crippen LogP contribution in [0.4, 0.5) is 11.4 Å². The second-order valence-electron chi connectivity index (χ2n) is 5.15. The smallest absolute Gasteiger partial charge is 0.280 e. The summed E-state index contributed by atoms with van der Waals surface area (Å²) in [6, 6.07) is 3.17. The number of hydrogen-bond donors (Lipinski definition) is 4. The fraction of sp³-hybridized carbons (Fsp3) is 0.462. The predicted molar refractivity (Wildman–Crippen MR) is 73.4 cm³/mol. The Bertz CT molecular complexity index is 622. The third-order valence-corrected chi connectivity index (χ3v) is 3.58. The van der Waals surface area contributed by atoms with Crippen molar-refractivity contribution in [2.24, 2.45) is 0 Å². The van der Waals surface area contributed by atoms with Crippen molar-refractivity contribution in [2.75, 3.05) is 5.32 Å². The van der Waals surface area contributed by atoms with E-state index in [2.05, 4.69) is 5.32 Å². The first kappa shape index (κ1) is 17.1. The highest BCUT2D eigenvalue weighted by atomic mass is 16.6. The van der Waals surface area contributed by atoms with Crippen LogP contribution in [-0.2, 0) is 4.74 Å². The summed E-state index contributed by atoms with van der Waals surface area (Å²) in [5.41, 5.74) is -1.18. The second kappa shape index (κ2) is 6.46. The molecule has 23 heavy (non-hydrogen) atoms. The van der Waals surface area contributed by atoms with Crippen molar-refractivity contribution < 1.29 is 34.9 Å². The molecule has 0 spiro atoms. The number of nitro groups is 1. The third kappa shape index (κ3) is 3.40. The number of nitrogens with one attached hydrogen (secondary N) is 1. The Morgan fingerprint density at radius 3 is 2.48 bits per heavy atom. The lowest BCUT2D eigenvalue weighted by Crippen LogP contribution is -2.58. The van der Waals surface area contributed by atoms with E-state index in [1.807, 2.05) is 0 Å². The summed E-state index contributed by atoms with van der Waals surface area (Å²) < 4.78 is 5.29. The SMILES string of the molecule is C[C@@H]1O[C@@H](Nc2ccc(C(=O)[O-])c([N+](=O)[O-])c2)[C@@H](O)[C@@H](O)[C@H]1O. The first-order chi connectivity index (χ1) is 10.7. The maximum Gasteiger partial charge on any atom is 0.280 e.